The Balaban J connectivity index is 1.72. The van der Waals surface area contributed by atoms with Crippen LogP contribution in [0.1, 0.15) is 39.5 Å². The molecule has 2 aliphatic heterocycles. The van der Waals surface area contributed by atoms with Crippen LogP contribution in [0.4, 0.5) is 0 Å². The molecule has 0 spiro atoms. The molecular weight excluding hydrogens is 292 g/mol. The van der Waals surface area contributed by atoms with Crippen molar-refractivity contribution < 1.29 is 9.59 Å². The van der Waals surface area contributed by atoms with Crippen LogP contribution in [-0.2, 0) is 9.59 Å². The molecule has 1 N–H and O–H groups in total. The van der Waals surface area contributed by atoms with Gasteiger partial charge in [0, 0.05) is 45.8 Å². The highest BCUT2D eigenvalue weighted by molar-refractivity contribution is 5.81. The molecule has 2 rings (SSSR count). The molecular formula is C17H32N4O2. The molecule has 2 fully saturated rings. The summed E-state index contributed by atoms with van der Waals surface area (Å²) in [6, 6.07) is -0.0378. The molecule has 0 aromatic rings. The zero-order valence-corrected chi connectivity index (χ0v) is 14.7. The van der Waals surface area contributed by atoms with Gasteiger partial charge in [-0.25, -0.2) is 0 Å². The molecule has 0 radical (unpaired) electrons. The minimum absolute atomic E-state index is 0.0378. The molecule has 2 heterocycles. The van der Waals surface area contributed by atoms with Gasteiger partial charge in [-0.2, -0.15) is 0 Å². The van der Waals surface area contributed by atoms with Crippen molar-refractivity contribution in [2.24, 2.45) is 0 Å². The molecule has 2 amide bonds. The van der Waals surface area contributed by atoms with E-state index in [2.05, 4.69) is 22.0 Å². The van der Waals surface area contributed by atoms with Gasteiger partial charge in [-0.15, -0.1) is 0 Å². The topological polar surface area (TPSA) is 55.9 Å². The van der Waals surface area contributed by atoms with Crippen LogP contribution in [0.3, 0.4) is 0 Å². The summed E-state index contributed by atoms with van der Waals surface area (Å²) in [7, 11) is 0. The van der Waals surface area contributed by atoms with E-state index >= 15 is 0 Å². The van der Waals surface area contributed by atoms with Gasteiger partial charge < -0.3 is 10.2 Å². The second-order valence-corrected chi connectivity index (χ2v) is 6.72. The summed E-state index contributed by atoms with van der Waals surface area (Å²) in [5.41, 5.74) is 0. The van der Waals surface area contributed by atoms with Gasteiger partial charge in [0.05, 0.1) is 12.6 Å². The lowest BCUT2D eigenvalue weighted by Crippen LogP contribution is -2.56. The van der Waals surface area contributed by atoms with Gasteiger partial charge in [0.2, 0.25) is 11.8 Å². The Morgan fingerprint density at radius 2 is 1.65 bits per heavy atom. The maximum absolute atomic E-state index is 12.6. The Bertz CT molecular complexity index is 388. The number of hydrogen-bond acceptors (Lipinski definition) is 4. The van der Waals surface area contributed by atoms with Crippen LogP contribution in [0.15, 0.2) is 0 Å². The number of carbonyl (C=O) groups excluding carboxylic acids is 2. The van der Waals surface area contributed by atoms with Crippen molar-refractivity contribution in [1.82, 2.24) is 20.0 Å². The highest BCUT2D eigenvalue weighted by Gasteiger charge is 2.29. The summed E-state index contributed by atoms with van der Waals surface area (Å²) in [5.74, 6) is 0.386. The summed E-state index contributed by atoms with van der Waals surface area (Å²) in [6.45, 7) is 10.6. The maximum Gasteiger partial charge on any atom is 0.239 e. The molecule has 0 saturated carbocycles. The van der Waals surface area contributed by atoms with E-state index in [4.69, 9.17) is 0 Å². The quantitative estimate of drug-likeness (QED) is 0.774. The normalized spacial score (nSPS) is 21.9. The highest BCUT2D eigenvalue weighted by Crippen LogP contribution is 2.14. The zero-order chi connectivity index (χ0) is 16.7. The molecule has 2 aliphatic rings. The second kappa shape index (κ2) is 9.23. The first-order valence-electron chi connectivity index (χ1n) is 9.13. The van der Waals surface area contributed by atoms with E-state index in [1.54, 1.807) is 0 Å². The number of rotatable bonds is 6. The molecule has 1 unspecified atom stereocenters. The van der Waals surface area contributed by atoms with Crippen molar-refractivity contribution in [3.05, 3.63) is 0 Å². The van der Waals surface area contributed by atoms with Crippen molar-refractivity contribution in [3.8, 4) is 0 Å². The van der Waals surface area contributed by atoms with Crippen LogP contribution in [0.2, 0.25) is 0 Å². The maximum atomic E-state index is 12.6. The first-order chi connectivity index (χ1) is 11.1. The first-order valence-corrected chi connectivity index (χ1v) is 9.13. The standard InChI is InChI=1S/C17H32N4O2/c1-3-7-18-16(22)14-19-10-12-20(13-11-19)15(2)17(23)21-8-5-4-6-9-21/h15H,3-14H2,1-2H3,(H,18,22). The average Bonchev–Trinajstić information content (AvgIpc) is 2.60. The van der Waals surface area contributed by atoms with Crippen molar-refractivity contribution >= 4 is 11.8 Å². The molecule has 23 heavy (non-hydrogen) atoms. The number of nitrogens with zero attached hydrogens (tertiary/aromatic N) is 3. The van der Waals surface area contributed by atoms with Crippen LogP contribution in [0, 0.1) is 0 Å². The number of amides is 2. The minimum Gasteiger partial charge on any atom is -0.355 e. The van der Waals surface area contributed by atoms with Crippen molar-refractivity contribution in [2.45, 2.75) is 45.6 Å². The molecule has 0 aromatic heterocycles. The summed E-state index contributed by atoms with van der Waals surface area (Å²) in [6.07, 6.45) is 4.49. The Kier molecular flexibility index (Phi) is 7.30. The first kappa shape index (κ1) is 18.2. The van der Waals surface area contributed by atoms with Crippen molar-refractivity contribution in [2.75, 3.05) is 52.4 Å². The van der Waals surface area contributed by atoms with E-state index in [1.165, 1.54) is 6.42 Å². The monoisotopic (exact) mass is 324 g/mol. The predicted molar refractivity (Wildman–Crippen MR) is 91.2 cm³/mol. The number of piperazine rings is 1. The Labute approximate surface area is 140 Å². The molecule has 1 atom stereocenters. The number of likely N-dealkylation sites (tertiary alicyclic amines) is 1. The van der Waals surface area contributed by atoms with Crippen LogP contribution in [0.5, 0.6) is 0 Å². The zero-order valence-electron chi connectivity index (χ0n) is 14.7. The third kappa shape index (κ3) is 5.46. The number of carbonyl (C=O) groups is 2. The molecule has 132 valence electrons. The van der Waals surface area contributed by atoms with E-state index in [0.717, 1.165) is 65.1 Å². The second-order valence-electron chi connectivity index (χ2n) is 6.72. The van der Waals surface area contributed by atoms with Gasteiger partial charge in [-0.05, 0) is 32.6 Å². The number of nitrogens with one attached hydrogen (secondary N) is 1. The van der Waals surface area contributed by atoms with E-state index in [1.807, 2.05) is 11.8 Å². The summed E-state index contributed by atoms with van der Waals surface area (Å²) in [5, 5.41) is 2.92. The average molecular weight is 324 g/mol. The Morgan fingerprint density at radius 3 is 2.26 bits per heavy atom. The number of piperidine rings is 1. The molecule has 0 bridgehead atoms. The summed E-state index contributed by atoms with van der Waals surface area (Å²) in [4.78, 5) is 30.8. The van der Waals surface area contributed by atoms with E-state index < -0.39 is 0 Å². The van der Waals surface area contributed by atoms with Crippen LogP contribution < -0.4 is 5.32 Å². The largest absolute Gasteiger partial charge is 0.355 e. The lowest BCUT2D eigenvalue weighted by atomic mass is 10.1. The third-order valence-electron chi connectivity index (χ3n) is 4.92. The smallest absolute Gasteiger partial charge is 0.239 e. The van der Waals surface area contributed by atoms with Crippen LogP contribution in [0.25, 0.3) is 0 Å². The molecule has 6 heteroatoms. The van der Waals surface area contributed by atoms with Gasteiger partial charge in [0.15, 0.2) is 0 Å². The fourth-order valence-corrected chi connectivity index (χ4v) is 3.37. The van der Waals surface area contributed by atoms with E-state index in [9.17, 15) is 9.59 Å². The molecule has 0 aliphatic carbocycles. The predicted octanol–water partition coefficient (Wildman–Crippen LogP) is 0.531. The van der Waals surface area contributed by atoms with E-state index in [-0.39, 0.29) is 17.9 Å². The summed E-state index contributed by atoms with van der Waals surface area (Å²) >= 11 is 0. The van der Waals surface area contributed by atoms with Gasteiger partial charge in [-0.1, -0.05) is 6.92 Å². The van der Waals surface area contributed by atoms with Gasteiger partial charge in [0.25, 0.3) is 0 Å². The molecule has 0 aromatic carbocycles. The van der Waals surface area contributed by atoms with Gasteiger partial charge in [-0.3, -0.25) is 19.4 Å². The minimum atomic E-state index is -0.0378. The van der Waals surface area contributed by atoms with Crippen LogP contribution in [-0.4, -0.2) is 84.9 Å². The van der Waals surface area contributed by atoms with Crippen molar-refractivity contribution in [1.29, 1.82) is 0 Å². The van der Waals surface area contributed by atoms with E-state index in [0.29, 0.717) is 6.54 Å². The highest BCUT2D eigenvalue weighted by atomic mass is 16.2. The molecule has 6 nitrogen and oxygen atoms in total. The summed E-state index contributed by atoms with van der Waals surface area (Å²) < 4.78 is 0. The Hall–Kier alpha value is -1.14. The molecule has 2 saturated heterocycles. The lowest BCUT2D eigenvalue weighted by Gasteiger charge is -2.39. The van der Waals surface area contributed by atoms with Crippen LogP contribution >= 0.6 is 0 Å². The fraction of sp³-hybridized carbons (Fsp3) is 0.882. The number of hydrogen-bond donors (Lipinski definition) is 1. The fourth-order valence-electron chi connectivity index (χ4n) is 3.37. The van der Waals surface area contributed by atoms with Gasteiger partial charge in [0.1, 0.15) is 0 Å². The third-order valence-corrected chi connectivity index (χ3v) is 4.92. The lowest BCUT2D eigenvalue weighted by molar-refractivity contribution is -0.138. The van der Waals surface area contributed by atoms with Crippen molar-refractivity contribution in [3.63, 3.8) is 0 Å². The SMILES string of the molecule is CCCNC(=O)CN1CCN(C(C)C(=O)N2CCCCC2)CC1. The van der Waals surface area contributed by atoms with Gasteiger partial charge >= 0.3 is 0 Å². The Morgan fingerprint density at radius 1 is 1.00 bits per heavy atom.